The highest BCUT2D eigenvalue weighted by Crippen LogP contribution is 2.59. The highest BCUT2D eigenvalue weighted by Gasteiger charge is 2.75. The number of allylic oxidation sites excluding steroid dienone is 1. The number of carbonyl (C=O) groups excluding carboxylic acids is 4. The summed E-state index contributed by atoms with van der Waals surface area (Å²) in [5.41, 5.74) is 1.57. The van der Waals surface area contributed by atoms with Gasteiger partial charge in [0.1, 0.15) is 29.9 Å². The van der Waals surface area contributed by atoms with Crippen molar-refractivity contribution in [1.82, 2.24) is 30.1 Å². The van der Waals surface area contributed by atoms with Crippen molar-refractivity contribution in [3.63, 3.8) is 0 Å². The second-order valence-electron chi connectivity index (χ2n) is 14.4. The van der Waals surface area contributed by atoms with E-state index in [0.717, 1.165) is 11.1 Å². The number of esters is 1. The maximum Gasteiger partial charge on any atom is 0.313 e. The summed E-state index contributed by atoms with van der Waals surface area (Å²) in [6.45, 7) is 7.31. The number of rotatable bonds is 17. The van der Waals surface area contributed by atoms with Crippen molar-refractivity contribution in [2.75, 3.05) is 19.7 Å². The minimum absolute atomic E-state index is 0.0132. The topological polar surface area (TPSA) is 156 Å². The first kappa shape index (κ1) is 37.6. The summed E-state index contributed by atoms with van der Waals surface area (Å²) < 4.78 is 14.5. The van der Waals surface area contributed by atoms with Gasteiger partial charge in [-0.1, -0.05) is 90.2 Å². The Labute approximate surface area is 319 Å². The lowest BCUT2D eigenvalue weighted by atomic mass is 9.70. The number of fused-ring (bicyclic) bond motifs is 2. The van der Waals surface area contributed by atoms with E-state index in [9.17, 15) is 19.5 Å². The van der Waals surface area contributed by atoms with Gasteiger partial charge >= 0.3 is 5.97 Å². The van der Waals surface area contributed by atoms with Gasteiger partial charge in [0, 0.05) is 13.0 Å². The van der Waals surface area contributed by atoms with Crippen molar-refractivity contribution >= 4 is 34.7 Å². The van der Waals surface area contributed by atoms with Crippen molar-refractivity contribution in [2.24, 2.45) is 11.8 Å². The molecule has 13 heteroatoms. The van der Waals surface area contributed by atoms with Gasteiger partial charge in [-0.2, -0.15) is 0 Å². The maximum atomic E-state index is 15.1. The predicted molar refractivity (Wildman–Crippen MR) is 203 cm³/mol. The van der Waals surface area contributed by atoms with E-state index in [-0.39, 0.29) is 38.5 Å². The number of amides is 3. The van der Waals surface area contributed by atoms with E-state index in [0.29, 0.717) is 30.3 Å². The Morgan fingerprint density at radius 3 is 2.49 bits per heavy atom. The molecule has 2 bridgehead atoms. The first-order chi connectivity index (χ1) is 26.8. The zero-order chi connectivity index (χ0) is 38.5. The van der Waals surface area contributed by atoms with Crippen LogP contribution in [0.25, 0.3) is 11.0 Å². The SMILES string of the molecule is C=CCCC(=O)NC[C@H](OC(=O)[C@@H]1[C@H]2C(=O)N([C@@H](CO)Cc3ccccc3)[C@H](C(=O)N(CC=C)Cn3nnc4ccccc43)[C@]23CC[C@H]1O3)c1ccccc1. The Morgan fingerprint density at radius 2 is 1.76 bits per heavy atom. The van der Waals surface area contributed by atoms with Crippen molar-refractivity contribution in [3.8, 4) is 0 Å². The average Bonchev–Trinajstić information content (AvgIpc) is 3.97. The number of hydrogen-bond donors (Lipinski definition) is 2. The molecule has 286 valence electrons. The number of likely N-dealkylation sites (tertiary alicyclic amines) is 1. The fraction of sp³-hybridized carbons (Fsp3) is 0.381. The highest BCUT2D eigenvalue weighted by atomic mass is 16.6. The molecule has 1 aromatic heterocycles. The summed E-state index contributed by atoms with van der Waals surface area (Å²) in [6, 6.07) is 24.0. The van der Waals surface area contributed by atoms with E-state index in [1.807, 2.05) is 84.9 Å². The molecule has 0 saturated carbocycles. The lowest BCUT2D eigenvalue weighted by molar-refractivity contribution is -0.161. The van der Waals surface area contributed by atoms with Crippen LogP contribution in [0.1, 0.15) is 42.9 Å². The van der Waals surface area contributed by atoms with E-state index >= 15 is 4.79 Å². The molecule has 7 atom stereocenters. The van der Waals surface area contributed by atoms with Crippen LogP contribution in [0.2, 0.25) is 0 Å². The number of aromatic nitrogens is 3. The zero-order valence-electron chi connectivity index (χ0n) is 30.6. The molecule has 2 N–H and O–H groups in total. The van der Waals surface area contributed by atoms with Gasteiger partial charge in [-0.05, 0) is 48.9 Å². The van der Waals surface area contributed by atoms with Gasteiger partial charge in [0.2, 0.25) is 17.7 Å². The third-order valence-electron chi connectivity index (χ3n) is 11.0. The molecule has 3 amide bonds. The molecule has 4 aromatic rings. The first-order valence-electron chi connectivity index (χ1n) is 18.7. The molecular weight excluding hydrogens is 700 g/mol. The van der Waals surface area contributed by atoms with Crippen molar-refractivity contribution in [2.45, 2.75) is 68.7 Å². The van der Waals surface area contributed by atoms with Gasteiger partial charge in [0.15, 0.2) is 0 Å². The molecule has 3 fully saturated rings. The van der Waals surface area contributed by atoms with Gasteiger partial charge in [-0.25, -0.2) is 4.68 Å². The fourth-order valence-corrected chi connectivity index (χ4v) is 8.54. The fourth-order valence-electron chi connectivity index (χ4n) is 8.54. The second-order valence-corrected chi connectivity index (χ2v) is 14.4. The third kappa shape index (κ3) is 7.29. The van der Waals surface area contributed by atoms with Gasteiger partial charge in [-0.15, -0.1) is 18.3 Å². The summed E-state index contributed by atoms with van der Waals surface area (Å²) >= 11 is 0. The van der Waals surface area contributed by atoms with Crippen molar-refractivity contribution in [3.05, 3.63) is 121 Å². The Balaban J connectivity index is 1.23. The second kappa shape index (κ2) is 16.4. The number of benzene rings is 3. The summed E-state index contributed by atoms with van der Waals surface area (Å²) in [7, 11) is 0. The maximum absolute atomic E-state index is 15.1. The number of ether oxygens (including phenoxy) is 2. The summed E-state index contributed by atoms with van der Waals surface area (Å²) in [4.78, 5) is 60.1. The summed E-state index contributed by atoms with van der Waals surface area (Å²) in [6.07, 6.45) is 3.54. The van der Waals surface area contributed by atoms with Crippen LogP contribution < -0.4 is 5.32 Å². The van der Waals surface area contributed by atoms with Crippen LogP contribution in [0.5, 0.6) is 0 Å². The molecule has 0 unspecified atom stereocenters. The summed E-state index contributed by atoms with van der Waals surface area (Å²) in [5, 5.41) is 22.3. The van der Waals surface area contributed by atoms with Crippen LogP contribution in [0, 0.1) is 11.8 Å². The molecular formula is C42H46N6O7. The minimum Gasteiger partial charge on any atom is -0.455 e. The number of aliphatic hydroxyl groups is 1. The number of hydrogen-bond acceptors (Lipinski definition) is 9. The van der Waals surface area contributed by atoms with Gasteiger partial charge < -0.3 is 29.7 Å². The molecule has 3 aliphatic heterocycles. The number of carbonyl (C=O) groups is 4. The molecule has 55 heavy (non-hydrogen) atoms. The molecule has 3 aliphatic rings. The highest BCUT2D eigenvalue weighted by molar-refractivity contribution is 5.98. The number of aliphatic hydroxyl groups excluding tert-OH is 1. The standard InChI is InChI=1S/C42H46N6O7/c1-3-5-20-35(50)43-25-34(29-16-10-7-11-17-29)54-41(53)36-33-21-22-42(55-33)37(36)39(51)48(30(26-49)24-28-14-8-6-9-15-28)38(42)40(52)46(23-4-2)27-47-32-19-13-12-18-31(32)44-45-47/h3-4,6-19,30,33-34,36-38,49H,1-2,5,20-27H2,(H,43,50)/t30-,33-,34+,36+,37+,38-,42+/m1/s1. The molecule has 3 aromatic carbocycles. The van der Waals surface area contributed by atoms with Gasteiger partial charge in [0.05, 0.1) is 42.6 Å². The number of para-hydroxylation sites is 1. The Morgan fingerprint density at radius 1 is 1.04 bits per heavy atom. The smallest absolute Gasteiger partial charge is 0.313 e. The molecule has 1 spiro atoms. The lowest BCUT2D eigenvalue weighted by Gasteiger charge is -2.39. The predicted octanol–water partition coefficient (Wildman–Crippen LogP) is 3.75. The van der Waals surface area contributed by atoms with E-state index in [1.165, 1.54) is 4.90 Å². The van der Waals surface area contributed by atoms with Crippen LogP contribution in [0.4, 0.5) is 0 Å². The molecule has 0 aliphatic carbocycles. The summed E-state index contributed by atoms with van der Waals surface area (Å²) in [5.74, 6) is -3.79. The quantitative estimate of drug-likeness (QED) is 0.121. The van der Waals surface area contributed by atoms with Crippen LogP contribution in [-0.2, 0) is 41.7 Å². The molecule has 0 radical (unpaired) electrons. The largest absolute Gasteiger partial charge is 0.455 e. The Kier molecular flexibility index (Phi) is 11.2. The number of nitrogens with one attached hydrogen (secondary N) is 1. The van der Waals surface area contributed by atoms with Gasteiger partial charge in [-0.3, -0.25) is 19.2 Å². The van der Waals surface area contributed by atoms with Crippen molar-refractivity contribution in [1.29, 1.82) is 0 Å². The van der Waals surface area contributed by atoms with Crippen LogP contribution in [-0.4, -0.2) is 97.1 Å². The molecule has 3 saturated heterocycles. The first-order valence-corrected chi connectivity index (χ1v) is 18.7. The Hall–Kier alpha value is -5.66. The zero-order valence-corrected chi connectivity index (χ0v) is 30.6. The normalized spacial score (nSPS) is 23.6. The van der Waals surface area contributed by atoms with E-state index in [4.69, 9.17) is 9.47 Å². The lowest BCUT2D eigenvalue weighted by Crippen LogP contribution is -2.59. The van der Waals surface area contributed by atoms with E-state index < -0.39 is 66.1 Å². The van der Waals surface area contributed by atoms with E-state index in [2.05, 4.69) is 28.8 Å². The number of nitrogens with zero attached hydrogens (tertiary/aromatic N) is 5. The molecule has 7 rings (SSSR count). The van der Waals surface area contributed by atoms with Gasteiger partial charge in [0.25, 0.3) is 0 Å². The van der Waals surface area contributed by atoms with Crippen molar-refractivity contribution < 1.29 is 33.8 Å². The van der Waals surface area contributed by atoms with E-state index in [1.54, 1.807) is 21.7 Å². The minimum atomic E-state index is -1.36. The molecule has 13 nitrogen and oxygen atoms in total. The van der Waals surface area contributed by atoms with Crippen LogP contribution in [0.15, 0.2) is 110 Å². The monoisotopic (exact) mass is 746 g/mol. The van der Waals surface area contributed by atoms with Crippen LogP contribution in [0.3, 0.4) is 0 Å². The molecule has 4 heterocycles. The Bertz CT molecular complexity index is 2040. The average molecular weight is 747 g/mol. The third-order valence-corrected chi connectivity index (χ3v) is 11.0. The van der Waals surface area contributed by atoms with Crippen LogP contribution >= 0.6 is 0 Å².